The lowest BCUT2D eigenvalue weighted by molar-refractivity contribution is 0.224. The summed E-state index contributed by atoms with van der Waals surface area (Å²) in [6.07, 6.45) is 0. The Labute approximate surface area is 66.5 Å². The minimum absolute atomic E-state index is 0.0729. The van der Waals surface area contributed by atoms with Crippen LogP contribution < -0.4 is 0 Å². The maximum Gasteiger partial charge on any atom is 0.336 e. The Kier molecular flexibility index (Phi) is 3.95. The first-order valence-corrected chi connectivity index (χ1v) is 4.64. The van der Waals surface area contributed by atoms with E-state index in [4.69, 9.17) is 9.66 Å². The van der Waals surface area contributed by atoms with Gasteiger partial charge < -0.3 is 5.11 Å². The van der Waals surface area contributed by atoms with Gasteiger partial charge in [0.1, 0.15) is 0 Å². The molecule has 5 nitrogen and oxygen atoms in total. The molecule has 0 spiro atoms. The summed E-state index contributed by atoms with van der Waals surface area (Å²) in [5, 5.41) is 8.43. The topological polar surface area (TPSA) is 77.8 Å². The summed E-state index contributed by atoms with van der Waals surface area (Å²) in [6, 6.07) is -0.336. The summed E-state index contributed by atoms with van der Waals surface area (Å²) in [5.41, 5.74) is 0. The van der Waals surface area contributed by atoms with Crippen molar-refractivity contribution >= 4 is 10.3 Å². The van der Waals surface area contributed by atoms with Crippen LogP contribution in [-0.4, -0.2) is 41.6 Å². The molecule has 0 aromatic carbocycles. The molecule has 0 fully saturated rings. The molecular formula is C5H13NO4S. The highest BCUT2D eigenvalue weighted by atomic mass is 32.2. The molecule has 0 atom stereocenters. The summed E-state index contributed by atoms with van der Waals surface area (Å²) < 4.78 is 30.4. The summed E-state index contributed by atoms with van der Waals surface area (Å²) in [7, 11) is -4.15. The number of hydrogen-bond donors (Lipinski definition) is 2. The fourth-order valence-corrected chi connectivity index (χ4v) is 1.58. The van der Waals surface area contributed by atoms with Gasteiger partial charge in [0.05, 0.1) is 6.61 Å². The Morgan fingerprint density at radius 2 is 1.91 bits per heavy atom. The van der Waals surface area contributed by atoms with E-state index in [-0.39, 0.29) is 19.2 Å². The van der Waals surface area contributed by atoms with E-state index in [0.29, 0.717) is 0 Å². The molecule has 6 heteroatoms. The second-order valence-electron chi connectivity index (χ2n) is 2.41. The molecule has 0 bridgehead atoms. The molecule has 2 N–H and O–H groups in total. The first-order chi connectivity index (χ1) is 4.89. The fraction of sp³-hybridized carbons (Fsp3) is 1.00. The predicted molar refractivity (Wildman–Crippen MR) is 40.5 cm³/mol. The van der Waals surface area contributed by atoms with Crippen molar-refractivity contribution in [3.63, 3.8) is 0 Å². The van der Waals surface area contributed by atoms with Crippen LogP contribution in [0.25, 0.3) is 0 Å². The van der Waals surface area contributed by atoms with Crippen molar-refractivity contribution in [2.24, 2.45) is 0 Å². The van der Waals surface area contributed by atoms with E-state index >= 15 is 0 Å². The van der Waals surface area contributed by atoms with Crippen molar-refractivity contribution in [3.05, 3.63) is 0 Å². The highest BCUT2D eigenvalue weighted by Gasteiger charge is 2.20. The van der Waals surface area contributed by atoms with E-state index in [1.807, 2.05) is 0 Å². The lowest BCUT2D eigenvalue weighted by Crippen LogP contribution is -2.38. The molecule has 0 aliphatic rings. The fourth-order valence-electron chi connectivity index (χ4n) is 0.739. The van der Waals surface area contributed by atoms with Crippen LogP contribution >= 0.6 is 0 Å². The van der Waals surface area contributed by atoms with Crippen LogP contribution in [0.3, 0.4) is 0 Å². The highest BCUT2D eigenvalue weighted by molar-refractivity contribution is 7.83. The zero-order valence-electron chi connectivity index (χ0n) is 6.56. The Hall–Kier alpha value is -0.170. The SMILES string of the molecule is CC(C)N(CCO)S(=O)(=O)O. The van der Waals surface area contributed by atoms with Crippen LogP contribution in [0.2, 0.25) is 0 Å². The lowest BCUT2D eigenvalue weighted by Gasteiger charge is -2.20. The van der Waals surface area contributed by atoms with E-state index in [2.05, 4.69) is 0 Å². The monoisotopic (exact) mass is 183 g/mol. The van der Waals surface area contributed by atoms with E-state index < -0.39 is 10.3 Å². The van der Waals surface area contributed by atoms with Crippen LogP contribution in [0.15, 0.2) is 0 Å². The zero-order chi connectivity index (χ0) is 9.07. The third-order valence-corrected chi connectivity index (χ3v) is 2.39. The van der Waals surface area contributed by atoms with E-state index in [9.17, 15) is 8.42 Å². The molecule has 0 saturated carbocycles. The summed E-state index contributed by atoms with van der Waals surface area (Å²) in [6.45, 7) is 2.86. The van der Waals surface area contributed by atoms with Crippen molar-refractivity contribution < 1.29 is 18.1 Å². The Bertz CT molecular complexity index is 199. The molecule has 11 heavy (non-hydrogen) atoms. The third kappa shape index (κ3) is 3.66. The van der Waals surface area contributed by atoms with E-state index in [0.717, 1.165) is 4.31 Å². The normalized spacial score (nSPS) is 12.9. The average molecular weight is 183 g/mol. The quantitative estimate of drug-likeness (QED) is 0.575. The van der Waals surface area contributed by atoms with Gasteiger partial charge in [0.2, 0.25) is 0 Å². The Morgan fingerprint density at radius 3 is 2.00 bits per heavy atom. The van der Waals surface area contributed by atoms with Gasteiger partial charge in [0.15, 0.2) is 0 Å². The molecule has 0 aliphatic carbocycles. The first kappa shape index (κ1) is 10.8. The molecule has 0 heterocycles. The van der Waals surface area contributed by atoms with Crippen LogP contribution in [0.5, 0.6) is 0 Å². The van der Waals surface area contributed by atoms with Crippen LogP contribution in [0.1, 0.15) is 13.8 Å². The van der Waals surface area contributed by atoms with E-state index in [1.54, 1.807) is 13.8 Å². The summed E-state index contributed by atoms with van der Waals surface area (Å²) >= 11 is 0. The van der Waals surface area contributed by atoms with Gasteiger partial charge in [0, 0.05) is 12.6 Å². The van der Waals surface area contributed by atoms with Gasteiger partial charge in [0.25, 0.3) is 0 Å². The van der Waals surface area contributed by atoms with Crippen LogP contribution in [0.4, 0.5) is 0 Å². The zero-order valence-corrected chi connectivity index (χ0v) is 7.37. The number of rotatable bonds is 4. The number of aliphatic hydroxyl groups excluding tert-OH is 1. The predicted octanol–water partition coefficient (Wildman–Crippen LogP) is -0.508. The third-order valence-electron chi connectivity index (χ3n) is 1.19. The van der Waals surface area contributed by atoms with Crippen molar-refractivity contribution in [3.8, 4) is 0 Å². The molecule has 0 rings (SSSR count). The second-order valence-corrected chi connectivity index (χ2v) is 3.77. The number of aliphatic hydroxyl groups is 1. The molecule has 0 unspecified atom stereocenters. The smallest absolute Gasteiger partial charge is 0.336 e. The standard InChI is InChI=1S/C5H13NO4S/c1-5(2)6(3-4-7)11(8,9)10/h5,7H,3-4H2,1-2H3,(H,8,9,10). The molecule has 0 radical (unpaired) electrons. The van der Waals surface area contributed by atoms with Gasteiger partial charge in [-0.25, -0.2) is 0 Å². The minimum atomic E-state index is -4.15. The number of nitrogens with zero attached hydrogens (tertiary/aromatic N) is 1. The van der Waals surface area contributed by atoms with Gasteiger partial charge in [-0.1, -0.05) is 0 Å². The Balaban J connectivity index is 4.36. The molecule has 0 aliphatic heterocycles. The molecule has 68 valence electrons. The Morgan fingerprint density at radius 1 is 1.45 bits per heavy atom. The molecule has 0 aromatic heterocycles. The molecule has 0 amide bonds. The summed E-state index contributed by atoms with van der Waals surface area (Å²) in [5.74, 6) is 0. The van der Waals surface area contributed by atoms with Crippen molar-refractivity contribution in [1.29, 1.82) is 0 Å². The minimum Gasteiger partial charge on any atom is -0.395 e. The van der Waals surface area contributed by atoms with Gasteiger partial charge in [-0.05, 0) is 13.8 Å². The first-order valence-electron chi connectivity index (χ1n) is 3.24. The van der Waals surface area contributed by atoms with E-state index in [1.165, 1.54) is 0 Å². The number of hydrogen-bond acceptors (Lipinski definition) is 3. The molecule has 0 saturated heterocycles. The van der Waals surface area contributed by atoms with Gasteiger partial charge in [-0.3, -0.25) is 4.55 Å². The van der Waals surface area contributed by atoms with Crippen LogP contribution in [0, 0.1) is 0 Å². The summed E-state index contributed by atoms with van der Waals surface area (Å²) in [4.78, 5) is 0. The van der Waals surface area contributed by atoms with Gasteiger partial charge >= 0.3 is 10.3 Å². The van der Waals surface area contributed by atoms with Crippen molar-refractivity contribution in [2.45, 2.75) is 19.9 Å². The van der Waals surface area contributed by atoms with Crippen molar-refractivity contribution in [1.82, 2.24) is 4.31 Å². The highest BCUT2D eigenvalue weighted by Crippen LogP contribution is 2.02. The molecular weight excluding hydrogens is 170 g/mol. The second kappa shape index (κ2) is 4.01. The average Bonchev–Trinajstić information content (AvgIpc) is 1.79. The van der Waals surface area contributed by atoms with Crippen LogP contribution in [-0.2, 0) is 10.3 Å². The van der Waals surface area contributed by atoms with Gasteiger partial charge in [-0.15, -0.1) is 0 Å². The molecule has 0 aromatic rings. The van der Waals surface area contributed by atoms with Crippen molar-refractivity contribution in [2.75, 3.05) is 13.2 Å². The lowest BCUT2D eigenvalue weighted by atomic mass is 10.4. The van der Waals surface area contributed by atoms with Gasteiger partial charge in [-0.2, -0.15) is 12.7 Å². The largest absolute Gasteiger partial charge is 0.395 e. The maximum absolute atomic E-state index is 10.5. The maximum atomic E-state index is 10.5.